The Bertz CT molecular complexity index is 1140. The maximum Gasteiger partial charge on any atom is 0.417 e. The average Bonchev–Trinajstić information content (AvgIpc) is 2.67. The first-order chi connectivity index (χ1) is 14.4. The highest BCUT2D eigenvalue weighted by atomic mass is 19.4. The number of anilines is 1. The predicted octanol–water partition coefficient (Wildman–Crippen LogP) is 3.49. The van der Waals surface area contributed by atoms with E-state index in [4.69, 9.17) is 0 Å². The monoisotopic (exact) mass is 442 g/mol. The number of alkyl halides is 3. The van der Waals surface area contributed by atoms with E-state index < -0.39 is 46.9 Å². The van der Waals surface area contributed by atoms with Gasteiger partial charge in [0, 0.05) is 48.6 Å². The number of carboxylic acids is 1. The molecule has 0 spiro atoms. The van der Waals surface area contributed by atoms with E-state index in [1.54, 1.807) is 4.57 Å². The van der Waals surface area contributed by atoms with Crippen LogP contribution in [0.1, 0.15) is 48.7 Å². The number of pyridine rings is 1. The molecule has 0 aliphatic carbocycles. The Labute approximate surface area is 174 Å². The van der Waals surface area contributed by atoms with Crippen LogP contribution in [0.2, 0.25) is 0 Å². The summed E-state index contributed by atoms with van der Waals surface area (Å²) in [7, 11) is 0. The third-order valence-corrected chi connectivity index (χ3v) is 6.74. The van der Waals surface area contributed by atoms with E-state index in [0.29, 0.717) is 23.9 Å². The Hall–Kier alpha value is -2.62. The van der Waals surface area contributed by atoms with Crippen molar-refractivity contribution in [3.05, 3.63) is 39.4 Å². The van der Waals surface area contributed by atoms with Crippen LogP contribution in [0.25, 0.3) is 10.9 Å². The second-order valence-corrected chi connectivity index (χ2v) is 8.57. The van der Waals surface area contributed by atoms with Crippen molar-refractivity contribution in [3.63, 3.8) is 0 Å². The molecule has 6 nitrogen and oxygen atoms in total. The lowest BCUT2D eigenvalue weighted by Crippen LogP contribution is -2.59. The number of halogens is 4. The zero-order chi connectivity index (χ0) is 22.9. The Morgan fingerprint density at radius 3 is 2.55 bits per heavy atom. The minimum atomic E-state index is -4.79. The lowest BCUT2D eigenvalue weighted by molar-refractivity contribution is -0.281. The maximum atomic E-state index is 15.2. The first-order valence-corrected chi connectivity index (χ1v) is 10.0. The fraction of sp³-hybridized carbons (Fsp3) is 0.524. The second-order valence-electron chi connectivity index (χ2n) is 8.57. The van der Waals surface area contributed by atoms with Crippen LogP contribution in [0.3, 0.4) is 0 Å². The minimum absolute atomic E-state index is 0.0560. The number of hydrogen-bond acceptors (Lipinski definition) is 4. The van der Waals surface area contributed by atoms with Crippen molar-refractivity contribution in [2.24, 2.45) is 5.92 Å². The molecule has 2 unspecified atom stereocenters. The lowest BCUT2D eigenvalue weighted by atomic mass is 9.81. The minimum Gasteiger partial charge on any atom is -0.477 e. The SMILES string of the molecule is CC1CCc2c(N3CC[C@@](O)(C(F)(F)F)C(C)C3)c(F)cc3c(=O)c(C(=O)O)cn1c23. The first-order valence-electron chi connectivity index (χ1n) is 10.0. The van der Waals surface area contributed by atoms with E-state index in [0.717, 1.165) is 6.07 Å². The van der Waals surface area contributed by atoms with E-state index in [-0.39, 0.29) is 30.2 Å². The van der Waals surface area contributed by atoms with Crippen LogP contribution in [0.5, 0.6) is 0 Å². The predicted molar refractivity (Wildman–Crippen MR) is 105 cm³/mol. The standard InChI is InChI=1S/C21H22F4N2O4/c1-10-8-26(6-5-20(10,31)21(23,24)25)17-12-4-3-11(2)27-9-14(19(29)30)18(28)13(16(12)27)7-15(17)22/h7,9-11,31H,3-6,8H2,1-2H3,(H,29,30)/t10?,11?,20-/m0/s1. The number of aromatic nitrogens is 1. The largest absolute Gasteiger partial charge is 0.477 e. The van der Waals surface area contributed by atoms with Gasteiger partial charge >= 0.3 is 12.1 Å². The van der Waals surface area contributed by atoms with Crippen molar-refractivity contribution >= 4 is 22.6 Å². The molecule has 2 aromatic rings. The summed E-state index contributed by atoms with van der Waals surface area (Å²) in [5, 5.41) is 19.5. The molecular formula is C21H22F4N2O4. The normalized spacial score (nSPS) is 26.4. The third-order valence-electron chi connectivity index (χ3n) is 6.74. The molecule has 2 aliphatic heterocycles. The molecule has 0 amide bonds. The molecule has 31 heavy (non-hydrogen) atoms. The summed E-state index contributed by atoms with van der Waals surface area (Å²) in [5.41, 5.74) is -3.09. The van der Waals surface area contributed by atoms with Crippen molar-refractivity contribution in [3.8, 4) is 0 Å². The molecule has 4 rings (SSSR count). The van der Waals surface area contributed by atoms with Gasteiger partial charge in [-0.15, -0.1) is 0 Å². The fourth-order valence-corrected chi connectivity index (χ4v) is 4.88. The summed E-state index contributed by atoms with van der Waals surface area (Å²) >= 11 is 0. The van der Waals surface area contributed by atoms with Gasteiger partial charge in [0.1, 0.15) is 11.4 Å². The molecule has 3 heterocycles. The van der Waals surface area contributed by atoms with Gasteiger partial charge in [-0.25, -0.2) is 9.18 Å². The van der Waals surface area contributed by atoms with Crippen LogP contribution in [-0.4, -0.2) is 45.6 Å². The zero-order valence-corrected chi connectivity index (χ0v) is 17.0. The van der Waals surface area contributed by atoms with Gasteiger partial charge in [0.15, 0.2) is 5.60 Å². The molecule has 168 valence electrons. The van der Waals surface area contributed by atoms with Crippen LogP contribution in [-0.2, 0) is 6.42 Å². The molecule has 2 aliphatic rings. The molecule has 0 radical (unpaired) electrons. The van der Waals surface area contributed by atoms with Crippen molar-refractivity contribution in [1.82, 2.24) is 4.57 Å². The van der Waals surface area contributed by atoms with E-state index >= 15 is 4.39 Å². The zero-order valence-electron chi connectivity index (χ0n) is 17.0. The summed E-state index contributed by atoms with van der Waals surface area (Å²) in [4.78, 5) is 25.7. The Balaban J connectivity index is 1.89. The van der Waals surface area contributed by atoms with Gasteiger partial charge in [0.2, 0.25) is 5.43 Å². The molecule has 1 aromatic carbocycles. The number of rotatable bonds is 2. The van der Waals surface area contributed by atoms with Gasteiger partial charge in [0.05, 0.1) is 11.2 Å². The Kier molecular flexibility index (Phi) is 4.84. The van der Waals surface area contributed by atoms with Crippen LogP contribution in [0.4, 0.5) is 23.2 Å². The van der Waals surface area contributed by atoms with Gasteiger partial charge in [-0.05, 0) is 25.8 Å². The summed E-state index contributed by atoms with van der Waals surface area (Å²) in [5.74, 6) is -3.38. The van der Waals surface area contributed by atoms with Crippen molar-refractivity contribution < 1.29 is 32.6 Å². The highest BCUT2D eigenvalue weighted by molar-refractivity contribution is 5.95. The maximum absolute atomic E-state index is 15.2. The number of aryl methyl sites for hydroxylation is 1. The van der Waals surface area contributed by atoms with Crippen LogP contribution in [0, 0.1) is 11.7 Å². The summed E-state index contributed by atoms with van der Waals surface area (Å²) in [6, 6.07) is 0.842. The number of piperidine rings is 1. The number of aliphatic hydroxyl groups is 1. The number of hydrogen-bond donors (Lipinski definition) is 2. The number of aromatic carboxylic acids is 1. The molecular weight excluding hydrogens is 420 g/mol. The molecule has 1 aromatic heterocycles. The van der Waals surface area contributed by atoms with Gasteiger partial charge < -0.3 is 19.7 Å². The van der Waals surface area contributed by atoms with Crippen molar-refractivity contribution in [2.45, 2.75) is 50.9 Å². The number of benzene rings is 1. The quantitative estimate of drug-likeness (QED) is 0.696. The van der Waals surface area contributed by atoms with Gasteiger partial charge in [-0.1, -0.05) is 6.92 Å². The summed E-state index contributed by atoms with van der Waals surface area (Å²) in [6.07, 6.45) is -3.20. The molecule has 2 N–H and O–H groups in total. The molecule has 1 saturated heterocycles. The highest BCUT2D eigenvalue weighted by Gasteiger charge is 2.58. The third kappa shape index (κ3) is 3.10. The molecule has 1 fully saturated rings. The molecule has 0 saturated carbocycles. The highest BCUT2D eigenvalue weighted by Crippen LogP contribution is 2.45. The molecule has 0 bridgehead atoms. The summed E-state index contributed by atoms with van der Waals surface area (Å²) in [6.45, 7) is 2.72. The van der Waals surface area contributed by atoms with Crippen LogP contribution < -0.4 is 10.3 Å². The van der Waals surface area contributed by atoms with Gasteiger partial charge in [0.25, 0.3) is 0 Å². The number of nitrogens with zero attached hydrogens (tertiary/aromatic N) is 2. The van der Waals surface area contributed by atoms with Crippen molar-refractivity contribution in [2.75, 3.05) is 18.0 Å². The lowest BCUT2D eigenvalue weighted by Gasteiger charge is -2.45. The average molecular weight is 442 g/mol. The first kappa shape index (κ1) is 21.6. The number of carboxylic acid groups (broad SMARTS) is 1. The number of carbonyl (C=O) groups is 1. The van der Waals surface area contributed by atoms with Crippen molar-refractivity contribution in [1.29, 1.82) is 0 Å². The van der Waals surface area contributed by atoms with E-state index in [2.05, 4.69) is 0 Å². The molecule has 10 heteroatoms. The fourth-order valence-electron chi connectivity index (χ4n) is 4.88. The summed E-state index contributed by atoms with van der Waals surface area (Å²) < 4.78 is 57.0. The smallest absolute Gasteiger partial charge is 0.417 e. The van der Waals surface area contributed by atoms with E-state index in [1.165, 1.54) is 18.0 Å². The van der Waals surface area contributed by atoms with Crippen LogP contribution >= 0.6 is 0 Å². The van der Waals surface area contributed by atoms with Gasteiger partial charge in [-0.3, -0.25) is 4.79 Å². The van der Waals surface area contributed by atoms with Gasteiger partial charge in [-0.2, -0.15) is 13.2 Å². The molecule has 3 atom stereocenters. The van der Waals surface area contributed by atoms with E-state index in [9.17, 15) is 33.0 Å². The Morgan fingerprint density at radius 1 is 1.29 bits per heavy atom. The topological polar surface area (TPSA) is 82.8 Å². The van der Waals surface area contributed by atoms with Crippen LogP contribution in [0.15, 0.2) is 17.1 Å². The second kappa shape index (κ2) is 6.94. The Morgan fingerprint density at radius 2 is 1.97 bits per heavy atom. The van der Waals surface area contributed by atoms with E-state index in [1.807, 2.05) is 6.92 Å².